The predicted molar refractivity (Wildman–Crippen MR) is 125 cm³/mol. The first-order chi connectivity index (χ1) is 16.0. The van der Waals surface area contributed by atoms with Crippen molar-refractivity contribution in [2.45, 2.75) is 78.8 Å². The summed E-state index contributed by atoms with van der Waals surface area (Å²) in [6.45, 7) is 12.0. The lowest BCUT2D eigenvalue weighted by Crippen LogP contribution is -2.43. The Bertz CT molecular complexity index is 881. The molecule has 8 heteroatoms. The normalized spacial score (nSPS) is 26.3. The average molecular weight is 477 g/mol. The number of carbonyl (C=O) groups is 3. The van der Waals surface area contributed by atoms with E-state index in [0.29, 0.717) is 24.8 Å². The zero-order valence-corrected chi connectivity index (χ0v) is 20.7. The monoisotopic (exact) mass is 476 g/mol. The van der Waals surface area contributed by atoms with E-state index in [2.05, 4.69) is 12.7 Å². The molecule has 34 heavy (non-hydrogen) atoms. The van der Waals surface area contributed by atoms with Crippen LogP contribution >= 0.6 is 0 Å². The van der Waals surface area contributed by atoms with Crippen molar-refractivity contribution in [1.82, 2.24) is 0 Å². The summed E-state index contributed by atoms with van der Waals surface area (Å²) >= 11 is 0. The van der Waals surface area contributed by atoms with E-state index in [-0.39, 0.29) is 18.5 Å². The second-order valence-corrected chi connectivity index (χ2v) is 8.95. The number of allylic oxidation sites excluding steroid dienone is 1. The fraction of sp³-hybridized carbons (Fsp3) is 0.577. The summed E-state index contributed by atoms with van der Waals surface area (Å²) in [5.41, 5.74) is 3.09. The molecule has 0 bridgehead atoms. The number of aliphatic hydroxyl groups excluding tert-OH is 1. The molecule has 1 aliphatic carbocycles. The standard InChI is InChI=1S/C26H36O8/c1-15-8-7-9-21-22(24(33-19(5)28)11-10-16(2)13-31-18(4)27)14-32-26(34-20(6)29)25(21)17(3)23(30)12-15/h8,10,14,21,23-26,30H,3,7,9,11-13H2,1-2,4-6H3. The molecular formula is C26H36O8. The van der Waals surface area contributed by atoms with Gasteiger partial charge in [-0.15, -0.1) is 0 Å². The van der Waals surface area contributed by atoms with Gasteiger partial charge in [-0.1, -0.05) is 24.3 Å². The molecule has 2 rings (SSSR count). The Balaban J connectivity index is 2.43. The molecule has 0 aromatic carbocycles. The highest BCUT2D eigenvalue weighted by atomic mass is 16.7. The van der Waals surface area contributed by atoms with Crippen LogP contribution in [0.5, 0.6) is 0 Å². The Morgan fingerprint density at radius 3 is 2.53 bits per heavy atom. The van der Waals surface area contributed by atoms with E-state index in [9.17, 15) is 19.5 Å². The number of carbonyl (C=O) groups excluding carboxylic acids is 3. The molecule has 0 aromatic heterocycles. The SMILES string of the molecule is C=C1C(O)CC(C)=CCCC2C(C(CC=C(C)COC(C)=O)OC(C)=O)=COC(OC(C)=O)C12. The largest absolute Gasteiger partial charge is 0.462 e. The molecule has 8 nitrogen and oxygen atoms in total. The number of aliphatic hydroxyl groups is 1. The molecule has 1 heterocycles. The highest BCUT2D eigenvalue weighted by Gasteiger charge is 2.44. The second-order valence-electron chi connectivity index (χ2n) is 8.95. The Labute approximate surface area is 201 Å². The minimum atomic E-state index is -0.939. The van der Waals surface area contributed by atoms with Crippen LogP contribution in [0.3, 0.4) is 0 Å². The topological polar surface area (TPSA) is 108 Å². The smallest absolute Gasteiger partial charge is 0.305 e. The molecule has 1 N–H and O–H groups in total. The second kappa shape index (κ2) is 12.6. The van der Waals surface area contributed by atoms with Crippen LogP contribution in [0.2, 0.25) is 0 Å². The Morgan fingerprint density at radius 1 is 1.21 bits per heavy atom. The quantitative estimate of drug-likeness (QED) is 0.335. The lowest BCUT2D eigenvalue weighted by Gasteiger charge is -2.41. The van der Waals surface area contributed by atoms with Crippen LogP contribution in [0, 0.1) is 11.8 Å². The maximum Gasteiger partial charge on any atom is 0.305 e. The molecule has 0 amide bonds. The molecule has 0 spiro atoms. The van der Waals surface area contributed by atoms with Gasteiger partial charge in [-0.3, -0.25) is 14.4 Å². The Hall–Kier alpha value is -2.87. The maximum absolute atomic E-state index is 11.9. The van der Waals surface area contributed by atoms with Gasteiger partial charge in [-0.2, -0.15) is 0 Å². The fourth-order valence-corrected chi connectivity index (χ4v) is 4.36. The Morgan fingerprint density at radius 2 is 1.91 bits per heavy atom. The number of esters is 3. The minimum absolute atomic E-state index is 0.144. The van der Waals surface area contributed by atoms with E-state index in [4.69, 9.17) is 18.9 Å². The number of hydrogen-bond donors (Lipinski definition) is 1. The van der Waals surface area contributed by atoms with Gasteiger partial charge in [0.1, 0.15) is 12.7 Å². The zero-order chi connectivity index (χ0) is 25.4. The number of hydrogen-bond acceptors (Lipinski definition) is 8. The molecule has 0 saturated heterocycles. The van der Waals surface area contributed by atoms with Gasteiger partial charge in [0.15, 0.2) is 0 Å². The van der Waals surface area contributed by atoms with E-state index in [1.165, 1.54) is 27.0 Å². The lowest BCUT2D eigenvalue weighted by molar-refractivity contribution is -0.182. The number of rotatable bonds is 7. The van der Waals surface area contributed by atoms with Crippen LogP contribution in [0.15, 0.2) is 47.3 Å². The van der Waals surface area contributed by atoms with Crippen molar-refractivity contribution in [3.05, 3.63) is 47.3 Å². The van der Waals surface area contributed by atoms with Gasteiger partial charge in [0.2, 0.25) is 6.29 Å². The number of ether oxygens (including phenoxy) is 4. The summed E-state index contributed by atoms with van der Waals surface area (Å²) in [7, 11) is 0. The molecule has 0 aromatic rings. The molecule has 188 valence electrons. The first kappa shape index (κ1) is 27.4. The van der Waals surface area contributed by atoms with E-state index in [1.807, 2.05) is 19.9 Å². The maximum atomic E-state index is 11.9. The van der Waals surface area contributed by atoms with Gasteiger partial charge in [-0.05, 0) is 44.3 Å². The first-order valence-electron chi connectivity index (χ1n) is 11.5. The minimum Gasteiger partial charge on any atom is -0.462 e. The zero-order valence-electron chi connectivity index (χ0n) is 20.7. The molecule has 5 atom stereocenters. The van der Waals surface area contributed by atoms with E-state index in [0.717, 1.165) is 23.1 Å². The summed E-state index contributed by atoms with van der Waals surface area (Å²) in [4.78, 5) is 34.8. The molecule has 2 aliphatic rings. The van der Waals surface area contributed by atoms with Crippen molar-refractivity contribution in [3.8, 4) is 0 Å². The summed E-state index contributed by atoms with van der Waals surface area (Å²) in [6, 6.07) is 0. The van der Waals surface area contributed by atoms with Crippen LogP contribution < -0.4 is 0 Å². The highest BCUT2D eigenvalue weighted by molar-refractivity contribution is 5.67. The van der Waals surface area contributed by atoms with Crippen LogP contribution in [0.4, 0.5) is 0 Å². The van der Waals surface area contributed by atoms with Crippen LogP contribution in [-0.4, -0.2) is 48.1 Å². The summed E-state index contributed by atoms with van der Waals surface area (Å²) in [6.07, 6.45) is 5.18. The van der Waals surface area contributed by atoms with E-state index < -0.39 is 36.4 Å². The Kier molecular flexibility index (Phi) is 10.1. The van der Waals surface area contributed by atoms with Crippen molar-refractivity contribution < 1.29 is 38.4 Å². The molecule has 0 radical (unpaired) electrons. The van der Waals surface area contributed by atoms with Crippen molar-refractivity contribution >= 4 is 17.9 Å². The average Bonchev–Trinajstić information content (AvgIpc) is 2.78. The van der Waals surface area contributed by atoms with Gasteiger partial charge in [-0.25, -0.2) is 0 Å². The van der Waals surface area contributed by atoms with Gasteiger partial charge >= 0.3 is 17.9 Å². The molecule has 0 saturated carbocycles. The van der Waals surface area contributed by atoms with Crippen molar-refractivity contribution in [2.75, 3.05) is 6.61 Å². The summed E-state index contributed by atoms with van der Waals surface area (Å²) < 4.78 is 22.0. The lowest BCUT2D eigenvalue weighted by atomic mass is 9.74. The van der Waals surface area contributed by atoms with Crippen molar-refractivity contribution in [1.29, 1.82) is 0 Å². The third-order valence-electron chi connectivity index (χ3n) is 5.98. The van der Waals surface area contributed by atoms with E-state index in [1.54, 1.807) is 0 Å². The van der Waals surface area contributed by atoms with Gasteiger partial charge in [0.05, 0.1) is 18.3 Å². The third-order valence-corrected chi connectivity index (χ3v) is 5.98. The van der Waals surface area contributed by atoms with Gasteiger partial charge in [0, 0.05) is 38.7 Å². The van der Waals surface area contributed by atoms with Crippen molar-refractivity contribution in [2.24, 2.45) is 11.8 Å². The fourth-order valence-electron chi connectivity index (χ4n) is 4.36. The third kappa shape index (κ3) is 7.87. The highest BCUT2D eigenvalue weighted by Crippen LogP contribution is 2.43. The summed E-state index contributed by atoms with van der Waals surface area (Å²) in [5, 5.41) is 10.8. The van der Waals surface area contributed by atoms with Gasteiger partial charge < -0.3 is 24.1 Å². The summed E-state index contributed by atoms with van der Waals surface area (Å²) in [5.74, 6) is -2.08. The molecule has 0 fully saturated rings. The van der Waals surface area contributed by atoms with Crippen LogP contribution in [0.1, 0.15) is 60.3 Å². The molecular weight excluding hydrogens is 440 g/mol. The van der Waals surface area contributed by atoms with E-state index >= 15 is 0 Å². The number of fused-ring (bicyclic) bond motifs is 1. The molecule has 5 unspecified atom stereocenters. The van der Waals surface area contributed by atoms with Crippen LogP contribution in [-0.2, 0) is 33.3 Å². The van der Waals surface area contributed by atoms with Crippen molar-refractivity contribution in [3.63, 3.8) is 0 Å². The first-order valence-corrected chi connectivity index (χ1v) is 11.5. The molecule has 1 aliphatic heterocycles. The predicted octanol–water partition coefficient (Wildman–Crippen LogP) is 3.90. The van der Waals surface area contributed by atoms with Crippen LogP contribution in [0.25, 0.3) is 0 Å². The van der Waals surface area contributed by atoms with Gasteiger partial charge in [0.25, 0.3) is 0 Å².